The molecule has 1 saturated carbocycles. The number of fused-ring (bicyclic) bond motifs is 2. The van der Waals surface area contributed by atoms with Crippen molar-refractivity contribution < 1.29 is 9.84 Å². The lowest BCUT2D eigenvalue weighted by molar-refractivity contribution is -0.205. The summed E-state index contributed by atoms with van der Waals surface area (Å²) in [6.45, 7) is 2.91. The van der Waals surface area contributed by atoms with Crippen molar-refractivity contribution in [3.8, 4) is 5.75 Å². The van der Waals surface area contributed by atoms with Gasteiger partial charge < -0.3 is 9.84 Å². The van der Waals surface area contributed by atoms with Gasteiger partial charge in [-0.3, -0.25) is 4.90 Å². The monoisotopic (exact) mass is 309 g/mol. The summed E-state index contributed by atoms with van der Waals surface area (Å²) in [4.78, 5) is 2.48. The van der Waals surface area contributed by atoms with Crippen molar-refractivity contribution in [1.82, 2.24) is 4.90 Å². The fraction of sp³-hybridized carbons (Fsp3) is 0.400. The van der Waals surface area contributed by atoms with Gasteiger partial charge in [-0.15, -0.1) is 0 Å². The number of methoxy groups -OCH3 is 1. The molecule has 0 aromatic heterocycles. The van der Waals surface area contributed by atoms with Crippen LogP contribution in [0.2, 0.25) is 0 Å². The van der Waals surface area contributed by atoms with Gasteiger partial charge in [-0.1, -0.05) is 42.5 Å². The van der Waals surface area contributed by atoms with Gasteiger partial charge in [-0.25, -0.2) is 0 Å². The van der Waals surface area contributed by atoms with Crippen molar-refractivity contribution in [2.75, 3.05) is 20.2 Å². The maximum Gasteiger partial charge on any atom is 0.118 e. The number of piperidine rings is 2. The second kappa shape index (κ2) is 5.66. The van der Waals surface area contributed by atoms with Gasteiger partial charge >= 0.3 is 0 Å². The first kappa shape index (κ1) is 14.7. The van der Waals surface area contributed by atoms with E-state index >= 15 is 0 Å². The van der Waals surface area contributed by atoms with E-state index in [2.05, 4.69) is 35.2 Å². The summed E-state index contributed by atoms with van der Waals surface area (Å²) in [6.07, 6.45) is 1.13. The molecule has 23 heavy (non-hydrogen) atoms. The van der Waals surface area contributed by atoms with E-state index in [0.29, 0.717) is 11.8 Å². The summed E-state index contributed by atoms with van der Waals surface area (Å²) >= 11 is 0. The molecule has 3 atom stereocenters. The largest absolute Gasteiger partial charge is 0.497 e. The van der Waals surface area contributed by atoms with Crippen molar-refractivity contribution in [3.63, 3.8) is 0 Å². The third-order valence-electron chi connectivity index (χ3n) is 5.57. The fourth-order valence-corrected chi connectivity index (χ4v) is 4.30. The molecule has 3 fully saturated rings. The standard InChI is InChI=1S/C20H23NO2/c1-23-19-9-7-16(8-10-19)20(22)17-11-18(20)14-21(13-17)12-15-5-3-2-4-6-15/h2-10,17-18,22H,11-14H2,1H3/t17-,18+,20?. The Balaban J connectivity index is 1.48. The second-order valence-corrected chi connectivity index (χ2v) is 6.86. The van der Waals surface area contributed by atoms with Gasteiger partial charge in [0.1, 0.15) is 5.75 Å². The van der Waals surface area contributed by atoms with Gasteiger partial charge in [0.15, 0.2) is 0 Å². The Bertz CT molecular complexity index is 656. The summed E-state index contributed by atoms with van der Waals surface area (Å²) in [5.41, 5.74) is 1.74. The zero-order valence-corrected chi connectivity index (χ0v) is 13.5. The van der Waals surface area contributed by atoms with Crippen LogP contribution in [0.15, 0.2) is 54.6 Å². The molecular weight excluding hydrogens is 286 g/mol. The first-order valence-corrected chi connectivity index (χ1v) is 8.33. The minimum Gasteiger partial charge on any atom is -0.497 e. The highest BCUT2D eigenvalue weighted by Gasteiger charge is 2.58. The maximum absolute atomic E-state index is 11.2. The number of nitrogens with zero attached hydrogens (tertiary/aromatic N) is 1. The van der Waals surface area contributed by atoms with E-state index in [9.17, 15) is 5.11 Å². The van der Waals surface area contributed by atoms with E-state index in [1.165, 1.54) is 5.56 Å². The molecule has 1 N–H and O–H groups in total. The molecule has 3 aliphatic rings. The zero-order valence-electron chi connectivity index (χ0n) is 13.5. The topological polar surface area (TPSA) is 32.7 Å². The van der Waals surface area contributed by atoms with Crippen molar-refractivity contribution in [1.29, 1.82) is 0 Å². The number of hydrogen-bond donors (Lipinski definition) is 1. The van der Waals surface area contributed by atoms with Gasteiger partial charge in [0, 0.05) is 31.5 Å². The average Bonchev–Trinajstić information content (AvgIpc) is 2.62. The van der Waals surface area contributed by atoms with Crippen LogP contribution in [0.4, 0.5) is 0 Å². The zero-order chi connectivity index (χ0) is 15.9. The molecule has 0 amide bonds. The summed E-state index contributed by atoms with van der Waals surface area (Å²) in [5.74, 6) is 1.50. The first-order valence-electron chi connectivity index (χ1n) is 8.33. The average molecular weight is 309 g/mol. The third-order valence-corrected chi connectivity index (χ3v) is 5.57. The molecule has 0 radical (unpaired) electrons. The van der Waals surface area contributed by atoms with Gasteiger partial charge in [-0.05, 0) is 29.7 Å². The SMILES string of the molecule is COc1ccc(C2(O)[C@@H]3C[C@H]2CN(Cc2ccccc2)C3)cc1. The van der Waals surface area contributed by atoms with Gasteiger partial charge in [0.25, 0.3) is 0 Å². The van der Waals surface area contributed by atoms with E-state index < -0.39 is 5.60 Å². The minimum atomic E-state index is -0.653. The molecule has 5 rings (SSSR count). The summed E-state index contributed by atoms with van der Waals surface area (Å²) in [5, 5.41) is 11.2. The van der Waals surface area contributed by atoms with E-state index in [1.54, 1.807) is 7.11 Å². The normalized spacial score (nSPS) is 29.8. The van der Waals surface area contributed by atoms with Crippen LogP contribution >= 0.6 is 0 Å². The first-order chi connectivity index (χ1) is 11.2. The summed E-state index contributed by atoms with van der Waals surface area (Å²) in [6, 6.07) is 18.5. The molecule has 1 aliphatic carbocycles. The van der Waals surface area contributed by atoms with Gasteiger partial charge in [-0.2, -0.15) is 0 Å². The van der Waals surface area contributed by atoms with Gasteiger partial charge in [0.05, 0.1) is 12.7 Å². The molecule has 3 nitrogen and oxygen atoms in total. The predicted octanol–water partition coefficient (Wildman–Crippen LogP) is 3.03. The van der Waals surface area contributed by atoms with E-state index in [1.807, 2.05) is 24.3 Å². The highest BCUT2D eigenvalue weighted by Crippen LogP contribution is 2.55. The Morgan fingerprint density at radius 1 is 1.04 bits per heavy atom. The molecule has 2 heterocycles. The van der Waals surface area contributed by atoms with Crippen molar-refractivity contribution in [3.05, 3.63) is 65.7 Å². The quantitative estimate of drug-likeness (QED) is 0.942. The highest BCUT2D eigenvalue weighted by molar-refractivity contribution is 5.35. The van der Waals surface area contributed by atoms with E-state index in [0.717, 1.165) is 37.4 Å². The third kappa shape index (κ3) is 2.44. The molecule has 120 valence electrons. The molecular formula is C20H23NO2. The van der Waals surface area contributed by atoms with Crippen molar-refractivity contribution in [2.24, 2.45) is 11.8 Å². The predicted molar refractivity (Wildman–Crippen MR) is 90.2 cm³/mol. The molecule has 2 bridgehead atoms. The van der Waals surface area contributed by atoms with E-state index in [4.69, 9.17) is 4.74 Å². The van der Waals surface area contributed by atoms with Crippen LogP contribution in [0.5, 0.6) is 5.75 Å². The maximum atomic E-state index is 11.2. The van der Waals surface area contributed by atoms with Crippen LogP contribution < -0.4 is 4.74 Å². The smallest absolute Gasteiger partial charge is 0.118 e. The lowest BCUT2D eigenvalue weighted by atomic mass is 9.55. The Morgan fingerprint density at radius 2 is 1.70 bits per heavy atom. The molecule has 2 aromatic rings. The Morgan fingerprint density at radius 3 is 2.30 bits per heavy atom. The van der Waals surface area contributed by atoms with Crippen LogP contribution in [-0.2, 0) is 12.1 Å². The Labute approximate surface area is 137 Å². The minimum absolute atomic E-state index is 0.332. The number of benzene rings is 2. The van der Waals surface area contributed by atoms with Crippen LogP contribution in [0.1, 0.15) is 17.5 Å². The summed E-state index contributed by atoms with van der Waals surface area (Å²) < 4.78 is 5.22. The molecule has 2 saturated heterocycles. The van der Waals surface area contributed by atoms with Crippen molar-refractivity contribution in [2.45, 2.75) is 18.6 Å². The number of hydrogen-bond acceptors (Lipinski definition) is 3. The Kier molecular flexibility index (Phi) is 3.63. The second-order valence-electron chi connectivity index (χ2n) is 6.86. The van der Waals surface area contributed by atoms with Crippen LogP contribution in [0.25, 0.3) is 0 Å². The number of aliphatic hydroxyl groups is 1. The molecule has 0 spiro atoms. The molecule has 2 aromatic carbocycles. The molecule has 3 heteroatoms. The fourth-order valence-electron chi connectivity index (χ4n) is 4.30. The summed E-state index contributed by atoms with van der Waals surface area (Å²) in [7, 11) is 1.67. The lowest BCUT2D eigenvalue weighted by Gasteiger charge is -2.59. The van der Waals surface area contributed by atoms with Gasteiger partial charge in [0.2, 0.25) is 0 Å². The Hall–Kier alpha value is -1.84. The van der Waals surface area contributed by atoms with Crippen LogP contribution in [0, 0.1) is 11.8 Å². The molecule has 2 aliphatic heterocycles. The van der Waals surface area contributed by atoms with Crippen LogP contribution in [-0.4, -0.2) is 30.2 Å². The number of ether oxygens (including phenoxy) is 1. The highest BCUT2D eigenvalue weighted by atomic mass is 16.5. The van der Waals surface area contributed by atoms with Crippen LogP contribution in [0.3, 0.4) is 0 Å². The number of rotatable bonds is 4. The van der Waals surface area contributed by atoms with E-state index in [-0.39, 0.29) is 0 Å². The lowest BCUT2D eigenvalue weighted by Crippen LogP contribution is -2.64. The molecule has 1 unspecified atom stereocenters. The van der Waals surface area contributed by atoms with Crippen molar-refractivity contribution >= 4 is 0 Å².